The maximum absolute atomic E-state index is 12.4. The second kappa shape index (κ2) is 5.66. The molecule has 19 heavy (non-hydrogen) atoms. The first kappa shape index (κ1) is 14.0. The van der Waals surface area contributed by atoms with Gasteiger partial charge in [-0.1, -0.05) is 6.07 Å². The first-order valence-electron chi connectivity index (χ1n) is 5.96. The first-order chi connectivity index (χ1) is 9.00. The number of carbonyl (C=O) groups is 1. The highest BCUT2D eigenvalue weighted by Gasteiger charge is 2.26. The Morgan fingerprint density at radius 2 is 2.32 bits per heavy atom. The average Bonchev–Trinajstić information content (AvgIpc) is 2.38. The summed E-state index contributed by atoms with van der Waals surface area (Å²) in [4.78, 5) is 24.5. The number of nitrogens with zero attached hydrogens (tertiary/aromatic N) is 2. The van der Waals surface area contributed by atoms with Crippen molar-refractivity contribution in [3.63, 3.8) is 0 Å². The van der Waals surface area contributed by atoms with Gasteiger partial charge in [0.25, 0.3) is 11.6 Å². The van der Waals surface area contributed by atoms with Gasteiger partial charge in [-0.3, -0.25) is 14.9 Å². The summed E-state index contributed by atoms with van der Waals surface area (Å²) in [5.74, 6) is -0.177. The minimum absolute atomic E-state index is 0.0889. The van der Waals surface area contributed by atoms with Gasteiger partial charge in [-0.15, -0.1) is 0 Å². The Bertz CT molecular complexity index is 521. The minimum Gasteiger partial charge on any atom is -0.336 e. The minimum atomic E-state index is -0.499. The van der Waals surface area contributed by atoms with E-state index in [1.807, 2.05) is 6.92 Å². The molecular weight excluding hydrogens is 314 g/mol. The summed E-state index contributed by atoms with van der Waals surface area (Å²) in [7, 11) is 0. The SMILES string of the molecule is CC1CN(C(=O)c2cccc([N+](=O)[O-])c2Br)CCN1. The van der Waals surface area contributed by atoms with Crippen LogP contribution in [0.4, 0.5) is 5.69 Å². The van der Waals surface area contributed by atoms with E-state index in [2.05, 4.69) is 21.2 Å². The summed E-state index contributed by atoms with van der Waals surface area (Å²) >= 11 is 3.16. The van der Waals surface area contributed by atoms with Crippen molar-refractivity contribution in [2.75, 3.05) is 19.6 Å². The lowest BCUT2D eigenvalue weighted by Crippen LogP contribution is -2.51. The molecule has 0 bridgehead atoms. The fourth-order valence-corrected chi connectivity index (χ4v) is 2.69. The third-order valence-corrected chi connectivity index (χ3v) is 3.89. The smallest absolute Gasteiger partial charge is 0.284 e. The van der Waals surface area contributed by atoms with E-state index in [1.165, 1.54) is 12.1 Å². The maximum atomic E-state index is 12.4. The van der Waals surface area contributed by atoms with Crippen molar-refractivity contribution in [2.45, 2.75) is 13.0 Å². The Morgan fingerprint density at radius 1 is 1.58 bits per heavy atom. The number of hydrogen-bond donors (Lipinski definition) is 1. The second-order valence-corrected chi connectivity index (χ2v) is 5.30. The van der Waals surface area contributed by atoms with Crippen LogP contribution in [0.5, 0.6) is 0 Å². The van der Waals surface area contributed by atoms with Crippen LogP contribution >= 0.6 is 15.9 Å². The van der Waals surface area contributed by atoms with Gasteiger partial charge in [0.15, 0.2) is 0 Å². The van der Waals surface area contributed by atoms with Crippen LogP contribution in [0.25, 0.3) is 0 Å². The molecule has 0 aliphatic carbocycles. The monoisotopic (exact) mass is 327 g/mol. The molecule has 6 nitrogen and oxygen atoms in total. The molecule has 1 saturated heterocycles. The van der Waals surface area contributed by atoms with Gasteiger partial charge in [0.2, 0.25) is 0 Å². The first-order valence-corrected chi connectivity index (χ1v) is 6.75. The fourth-order valence-electron chi connectivity index (χ4n) is 2.11. The molecule has 1 unspecified atom stereocenters. The zero-order chi connectivity index (χ0) is 14.0. The molecular formula is C12H14BrN3O3. The number of halogens is 1. The lowest BCUT2D eigenvalue weighted by Gasteiger charge is -2.32. The zero-order valence-corrected chi connectivity index (χ0v) is 12.0. The molecule has 0 aromatic heterocycles. The van der Waals surface area contributed by atoms with Gasteiger partial charge in [-0.2, -0.15) is 0 Å². The third-order valence-electron chi connectivity index (χ3n) is 3.06. The summed E-state index contributed by atoms with van der Waals surface area (Å²) in [5, 5.41) is 14.1. The summed E-state index contributed by atoms with van der Waals surface area (Å²) in [6, 6.07) is 4.74. The zero-order valence-electron chi connectivity index (χ0n) is 10.4. The van der Waals surface area contributed by atoms with Gasteiger partial charge in [0.1, 0.15) is 4.47 Å². The number of benzene rings is 1. The molecule has 1 heterocycles. The molecule has 1 aromatic rings. The van der Waals surface area contributed by atoms with Crippen molar-refractivity contribution in [1.82, 2.24) is 10.2 Å². The summed E-state index contributed by atoms with van der Waals surface area (Å²) < 4.78 is 0.246. The van der Waals surface area contributed by atoms with Gasteiger partial charge < -0.3 is 10.2 Å². The average molecular weight is 328 g/mol. The summed E-state index contributed by atoms with van der Waals surface area (Å²) in [6.07, 6.45) is 0. The lowest BCUT2D eigenvalue weighted by atomic mass is 10.1. The van der Waals surface area contributed by atoms with Crippen molar-refractivity contribution < 1.29 is 9.72 Å². The van der Waals surface area contributed by atoms with E-state index in [0.717, 1.165) is 6.54 Å². The maximum Gasteiger partial charge on any atom is 0.284 e. The Morgan fingerprint density at radius 3 is 2.95 bits per heavy atom. The normalized spacial score (nSPS) is 19.3. The van der Waals surface area contributed by atoms with E-state index in [0.29, 0.717) is 18.7 Å². The summed E-state index contributed by atoms with van der Waals surface area (Å²) in [5.41, 5.74) is 0.248. The number of rotatable bonds is 2. The van der Waals surface area contributed by atoms with Crippen molar-refractivity contribution in [3.8, 4) is 0 Å². The molecule has 1 atom stereocenters. The molecule has 0 saturated carbocycles. The van der Waals surface area contributed by atoms with Gasteiger partial charge in [0, 0.05) is 31.7 Å². The van der Waals surface area contributed by atoms with E-state index >= 15 is 0 Å². The van der Waals surface area contributed by atoms with E-state index in [-0.39, 0.29) is 22.1 Å². The molecule has 1 aliphatic rings. The van der Waals surface area contributed by atoms with Gasteiger partial charge in [-0.05, 0) is 28.9 Å². The Kier molecular flexibility index (Phi) is 4.16. The number of hydrogen-bond acceptors (Lipinski definition) is 4. The number of amides is 1. The molecule has 0 radical (unpaired) electrons. The van der Waals surface area contributed by atoms with Crippen molar-refractivity contribution in [2.24, 2.45) is 0 Å². The number of carbonyl (C=O) groups excluding carboxylic acids is 1. The fraction of sp³-hybridized carbons (Fsp3) is 0.417. The Hall–Kier alpha value is -1.47. The van der Waals surface area contributed by atoms with Crippen LogP contribution in [-0.2, 0) is 0 Å². The van der Waals surface area contributed by atoms with Crippen molar-refractivity contribution in [1.29, 1.82) is 0 Å². The highest BCUT2D eigenvalue weighted by atomic mass is 79.9. The van der Waals surface area contributed by atoms with Crippen LogP contribution in [0.15, 0.2) is 22.7 Å². The van der Waals surface area contributed by atoms with E-state index in [1.54, 1.807) is 11.0 Å². The predicted molar refractivity (Wildman–Crippen MR) is 74.2 cm³/mol. The van der Waals surface area contributed by atoms with Crippen LogP contribution < -0.4 is 5.32 Å². The van der Waals surface area contributed by atoms with E-state index in [9.17, 15) is 14.9 Å². The molecule has 1 amide bonds. The molecule has 102 valence electrons. The van der Waals surface area contributed by atoms with Crippen LogP contribution in [0.3, 0.4) is 0 Å². The van der Waals surface area contributed by atoms with E-state index < -0.39 is 4.92 Å². The van der Waals surface area contributed by atoms with Gasteiger partial charge in [-0.25, -0.2) is 0 Å². The highest BCUT2D eigenvalue weighted by molar-refractivity contribution is 9.10. The number of nitrogens with one attached hydrogen (secondary N) is 1. The molecule has 0 spiro atoms. The lowest BCUT2D eigenvalue weighted by molar-refractivity contribution is -0.385. The van der Waals surface area contributed by atoms with Crippen molar-refractivity contribution >= 4 is 27.5 Å². The van der Waals surface area contributed by atoms with E-state index in [4.69, 9.17) is 0 Å². The highest BCUT2D eigenvalue weighted by Crippen LogP contribution is 2.29. The number of piperazine rings is 1. The van der Waals surface area contributed by atoms with Crippen LogP contribution in [0, 0.1) is 10.1 Å². The second-order valence-electron chi connectivity index (χ2n) is 4.50. The quantitative estimate of drug-likeness (QED) is 0.663. The topological polar surface area (TPSA) is 75.5 Å². The van der Waals surface area contributed by atoms with Crippen molar-refractivity contribution in [3.05, 3.63) is 38.3 Å². The molecule has 2 rings (SSSR count). The molecule has 1 aliphatic heterocycles. The molecule has 7 heteroatoms. The summed E-state index contributed by atoms with van der Waals surface area (Å²) in [6.45, 7) is 3.95. The Balaban J connectivity index is 2.28. The van der Waals surface area contributed by atoms with Gasteiger partial charge in [0.05, 0.1) is 10.5 Å². The largest absolute Gasteiger partial charge is 0.336 e. The number of nitro groups is 1. The molecule has 1 N–H and O–H groups in total. The third kappa shape index (κ3) is 2.93. The standard InChI is InChI=1S/C12H14BrN3O3/c1-8-7-15(6-5-14-8)12(17)9-3-2-4-10(11(9)13)16(18)19/h2-4,8,14H,5-7H2,1H3. The number of nitro benzene ring substituents is 1. The van der Waals surface area contributed by atoms with Crippen LogP contribution in [0.1, 0.15) is 17.3 Å². The van der Waals surface area contributed by atoms with Gasteiger partial charge >= 0.3 is 0 Å². The molecule has 1 fully saturated rings. The van der Waals surface area contributed by atoms with Crippen LogP contribution in [0.2, 0.25) is 0 Å². The van der Waals surface area contributed by atoms with Crippen LogP contribution in [-0.4, -0.2) is 41.4 Å². The predicted octanol–water partition coefficient (Wildman–Crippen LogP) is 1.79. The molecule has 1 aromatic carbocycles. The Labute approximate surface area is 119 Å².